The number of primary amides is 1. The molecule has 4 heteroatoms. The molecule has 0 spiro atoms. The van der Waals surface area contributed by atoms with Gasteiger partial charge >= 0.3 is 0 Å². The van der Waals surface area contributed by atoms with E-state index in [-0.39, 0.29) is 17.6 Å². The number of nitrogens with two attached hydrogens (primary N) is 1. The van der Waals surface area contributed by atoms with Crippen LogP contribution in [0.4, 0.5) is 0 Å². The second-order valence-corrected chi connectivity index (χ2v) is 6.13. The first kappa shape index (κ1) is 15.7. The lowest BCUT2D eigenvalue weighted by atomic mass is 9.95. The molecular weight excluding hydrogens is 264 g/mol. The summed E-state index contributed by atoms with van der Waals surface area (Å²) in [4.78, 5) is 25.8. The number of piperidine rings is 1. The first-order chi connectivity index (χ1) is 9.88. The van der Waals surface area contributed by atoms with Crippen molar-refractivity contribution in [3.63, 3.8) is 0 Å². The van der Waals surface area contributed by atoms with Gasteiger partial charge in [0.05, 0.1) is 6.54 Å². The molecule has 21 heavy (non-hydrogen) atoms. The number of hydrogen-bond acceptors (Lipinski definition) is 3. The molecule has 2 N–H and O–H groups in total. The van der Waals surface area contributed by atoms with E-state index in [0.717, 1.165) is 42.6 Å². The summed E-state index contributed by atoms with van der Waals surface area (Å²) in [6, 6.07) is 4.06. The summed E-state index contributed by atoms with van der Waals surface area (Å²) in [7, 11) is 0. The molecule has 0 atom stereocenters. The van der Waals surface area contributed by atoms with E-state index < -0.39 is 0 Å². The minimum atomic E-state index is -0.217. The highest BCUT2D eigenvalue weighted by Gasteiger charge is 2.24. The molecule has 114 valence electrons. The average molecular weight is 288 g/mol. The Bertz CT molecular complexity index is 558. The summed E-state index contributed by atoms with van der Waals surface area (Å²) < 4.78 is 0. The van der Waals surface area contributed by atoms with Crippen LogP contribution in [0, 0.1) is 26.7 Å². The van der Waals surface area contributed by atoms with Crippen LogP contribution in [0.5, 0.6) is 0 Å². The maximum atomic E-state index is 12.5. The van der Waals surface area contributed by atoms with E-state index in [0.29, 0.717) is 6.54 Å². The minimum Gasteiger partial charge on any atom is -0.369 e. The molecule has 1 aliphatic rings. The quantitative estimate of drug-likeness (QED) is 0.862. The fourth-order valence-corrected chi connectivity index (χ4v) is 2.92. The van der Waals surface area contributed by atoms with Crippen LogP contribution in [0.3, 0.4) is 0 Å². The Morgan fingerprint density at radius 1 is 1.10 bits per heavy atom. The van der Waals surface area contributed by atoms with E-state index in [1.54, 1.807) is 0 Å². The van der Waals surface area contributed by atoms with E-state index >= 15 is 0 Å². The summed E-state index contributed by atoms with van der Waals surface area (Å²) in [5.41, 5.74) is 9.55. The minimum absolute atomic E-state index is 0.0280. The number of ketones is 1. The van der Waals surface area contributed by atoms with E-state index in [9.17, 15) is 9.59 Å². The normalized spacial score (nSPS) is 16.9. The van der Waals surface area contributed by atoms with Crippen molar-refractivity contribution >= 4 is 11.7 Å². The average Bonchev–Trinajstić information content (AvgIpc) is 2.43. The maximum absolute atomic E-state index is 12.5. The number of likely N-dealkylation sites (tertiary alicyclic amines) is 1. The number of aryl methyl sites for hydroxylation is 3. The van der Waals surface area contributed by atoms with Gasteiger partial charge in [0, 0.05) is 11.5 Å². The summed E-state index contributed by atoms with van der Waals surface area (Å²) in [5.74, 6) is -0.0844. The van der Waals surface area contributed by atoms with Gasteiger partial charge in [0.1, 0.15) is 0 Å². The van der Waals surface area contributed by atoms with Crippen molar-refractivity contribution in [1.29, 1.82) is 0 Å². The van der Waals surface area contributed by atoms with Crippen LogP contribution in [0.25, 0.3) is 0 Å². The van der Waals surface area contributed by atoms with Crippen molar-refractivity contribution < 1.29 is 9.59 Å². The Morgan fingerprint density at radius 2 is 1.67 bits per heavy atom. The van der Waals surface area contributed by atoms with Gasteiger partial charge in [0.25, 0.3) is 0 Å². The molecule has 1 aromatic rings. The third kappa shape index (κ3) is 3.70. The zero-order valence-electron chi connectivity index (χ0n) is 13.1. The number of hydrogen-bond donors (Lipinski definition) is 1. The number of carbonyl (C=O) groups excluding carboxylic acids is 2. The van der Waals surface area contributed by atoms with Crippen LogP contribution in [0.1, 0.15) is 39.9 Å². The zero-order valence-corrected chi connectivity index (χ0v) is 13.1. The molecule has 2 rings (SSSR count). The molecule has 0 bridgehead atoms. The van der Waals surface area contributed by atoms with Crippen LogP contribution in [0.2, 0.25) is 0 Å². The summed E-state index contributed by atoms with van der Waals surface area (Å²) in [5, 5.41) is 0. The molecule has 1 amide bonds. The van der Waals surface area contributed by atoms with E-state index in [1.165, 1.54) is 5.56 Å². The standard InChI is InChI=1S/C17H24N2O2/c1-11-8-13(3)15(9-12(11)2)16(20)10-19-6-4-14(5-7-19)17(18)21/h8-9,14H,4-7,10H2,1-3H3,(H2,18,21). The maximum Gasteiger partial charge on any atom is 0.220 e. The zero-order chi connectivity index (χ0) is 15.6. The predicted octanol–water partition coefficient (Wildman–Crippen LogP) is 1.99. The molecule has 1 saturated heterocycles. The molecular formula is C17H24N2O2. The number of carbonyl (C=O) groups is 2. The smallest absolute Gasteiger partial charge is 0.220 e. The van der Waals surface area contributed by atoms with Crippen LogP contribution in [-0.4, -0.2) is 36.2 Å². The van der Waals surface area contributed by atoms with Gasteiger partial charge < -0.3 is 5.73 Å². The second kappa shape index (κ2) is 6.39. The highest BCUT2D eigenvalue weighted by Crippen LogP contribution is 2.19. The van der Waals surface area contributed by atoms with E-state index in [2.05, 4.69) is 17.9 Å². The molecule has 1 fully saturated rings. The largest absolute Gasteiger partial charge is 0.369 e. The van der Waals surface area contributed by atoms with Crippen LogP contribution >= 0.6 is 0 Å². The monoisotopic (exact) mass is 288 g/mol. The van der Waals surface area contributed by atoms with E-state index in [1.807, 2.05) is 19.9 Å². The number of nitrogens with zero attached hydrogens (tertiary/aromatic N) is 1. The molecule has 1 heterocycles. The molecule has 0 radical (unpaired) electrons. The van der Waals surface area contributed by atoms with Gasteiger partial charge in [-0.25, -0.2) is 0 Å². The van der Waals surface area contributed by atoms with Crippen LogP contribution < -0.4 is 5.73 Å². The van der Waals surface area contributed by atoms with E-state index in [4.69, 9.17) is 5.73 Å². The van der Waals surface area contributed by atoms with Gasteiger partial charge in [0.15, 0.2) is 5.78 Å². The first-order valence-electron chi connectivity index (χ1n) is 7.51. The Labute approximate surface area is 126 Å². The van der Waals surface area contributed by atoms with Crippen LogP contribution in [0.15, 0.2) is 12.1 Å². The summed E-state index contributed by atoms with van der Waals surface area (Å²) >= 11 is 0. The molecule has 0 aliphatic carbocycles. The predicted molar refractivity (Wildman–Crippen MR) is 83.3 cm³/mol. The molecule has 0 aromatic heterocycles. The molecule has 1 aliphatic heterocycles. The SMILES string of the molecule is Cc1cc(C)c(C(=O)CN2CCC(C(N)=O)CC2)cc1C. The number of rotatable bonds is 4. The Morgan fingerprint density at radius 3 is 2.24 bits per heavy atom. The van der Waals surface area contributed by atoms with Gasteiger partial charge in [-0.2, -0.15) is 0 Å². The van der Waals surface area contributed by atoms with Crippen molar-refractivity contribution in [2.75, 3.05) is 19.6 Å². The third-order valence-electron chi connectivity index (χ3n) is 4.50. The van der Waals surface area contributed by atoms with Crippen molar-refractivity contribution in [2.24, 2.45) is 11.7 Å². The second-order valence-electron chi connectivity index (χ2n) is 6.13. The molecule has 1 aromatic carbocycles. The number of Topliss-reactive ketones (excluding diaryl/α,β-unsaturated/α-hetero) is 1. The van der Waals surface area contributed by atoms with Crippen molar-refractivity contribution in [3.05, 3.63) is 34.4 Å². The third-order valence-corrected chi connectivity index (χ3v) is 4.50. The topological polar surface area (TPSA) is 63.4 Å². The fraction of sp³-hybridized carbons (Fsp3) is 0.529. The van der Waals surface area contributed by atoms with Gasteiger partial charge in [-0.3, -0.25) is 14.5 Å². The highest BCUT2D eigenvalue weighted by atomic mass is 16.1. The van der Waals surface area contributed by atoms with Gasteiger partial charge in [-0.05, 0) is 69.5 Å². The highest BCUT2D eigenvalue weighted by molar-refractivity contribution is 5.99. The first-order valence-corrected chi connectivity index (χ1v) is 7.51. The summed E-state index contributed by atoms with van der Waals surface area (Å²) in [6.45, 7) is 8.04. The summed E-state index contributed by atoms with van der Waals surface area (Å²) in [6.07, 6.45) is 1.52. The lowest BCUT2D eigenvalue weighted by Gasteiger charge is -2.30. The lowest BCUT2D eigenvalue weighted by molar-refractivity contribution is -0.123. The van der Waals surface area contributed by atoms with Gasteiger partial charge in [-0.15, -0.1) is 0 Å². The fourth-order valence-electron chi connectivity index (χ4n) is 2.92. The van der Waals surface area contributed by atoms with Gasteiger partial charge in [-0.1, -0.05) is 6.07 Å². The number of benzene rings is 1. The van der Waals surface area contributed by atoms with Crippen molar-refractivity contribution in [1.82, 2.24) is 4.90 Å². The van der Waals surface area contributed by atoms with Crippen LogP contribution in [-0.2, 0) is 4.79 Å². The van der Waals surface area contributed by atoms with Crippen molar-refractivity contribution in [2.45, 2.75) is 33.6 Å². The lowest BCUT2D eigenvalue weighted by Crippen LogP contribution is -2.40. The molecule has 4 nitrogen and oxygen atoms in total. The number of amides is 1. The Kier molecular flexibility index (Phi) is 4.78. The van der Waals surface area contributed by atoms with Crippen molar-refractivity contribution in [3.8, 4) is 0 Å². The Balaban J connectivity index is 2.00. The van der Waals surface area contributed by atoms with Gasteiger partial charge in [0.2, 0.25) is 5.91 Å². The molecule has 0 unspecified atom stereocenters. The Hall–Kier alpha value is -1.68. The molecule has 0 saturated carbocycles.